The number of carbonyl (C=O) groups excluding carboxylic acids is 1. The number of hydrogen-bond acceptors (Lipinski definition) is 4. The van der Waals surface area contributed by atoms with Gasteiger partial charge in [-0.1, -0.05) is 5.16 Å². The van der Waals surface area contributed by atoms with E-state index in [0.717, 1.165) is 6.92 Å². The minimum atomic E-state index is -7.25. The van der Waals surface area contributed by atoms with Crippen LogP contribution in [0.4, 0.5) is 48.3 Å². The molecule has 0 bridgehead atoms. The lowest BCUT2D eigenvalue weighted by Gasteiger charge is -2.33. The molecule has 0 rings (SSSR count). The Hall–Kier alpha value is -1.67. The fraction of sp³-hybridized carbons (Fsp3) is 0.750. The van der Waals surface area contributed by atoms with Crippen LogP contribution in [-0.2, 0) is 14.4 Å². The van der Waals surface area contributed by atoms with E-state index in [4.69, 9.17) is 0 Å². The van der Waals surface area contributed by atoms with Crippen molar-refractivity contribution < 1.29 is 62.7 Å². The van der Waals surface area contributed by atoms with Gasteiger partial charge in [0, 0.05) is 6.21 Å². The van der Waals surface area contributed by atoms with Gasteiger partial charge in [0.05, 0.1) is 0 Å². The summed E-state index contributed by atoms with van der Waals surface area (Å²) < 4.78 is 138. The summed E-state index contributed by atoms with van der Waals surface area (Å²) in [5.74, 6) is -17.0. The van der Waals surface area contributed by atoms with Gasteiger partial charge in [-0.25, -0.2) is 4.79 Å². The third-order valence-electron chi connectivity index (χ3n) is 1.86. The molecule has 0 saturated heterocycles. The molecule has 15 heteroatoms. The predicted octanol–water partition coefficient (Wildman–Crippen LogP) is 3.57. The summed E-state index contributed by atoms with van der Waals surface area (Å²) in [6.45, 7) is 0.883. The lowest BCUT2D eigenvalue weighted by Crippen LogP contribution is -2.61. The average molecular weight is 371 g/mol. The molecule has 136 valence electrons. The Balaban J connectivity index is 5.87. The third-order valence-corrected chi connectivity index (χ3v) is 1.86. The highest BCUT2D eigenvalue weighted by Gasteiger charge is 2.80. The molecule has 0 aliphatic heterocycles. The molecule has 0 unspecified atom stereocenters. The summed E-state index contributed by atoms with van der Waals surface area (Å²) in [4.78, 5) is 13.8. The van der Waals surface area contributed by atoms with Crippen LogP contribution in [0.25, 0.3) is 0 Å². The zero-order valence-corrected chi connectivity index (χ0v) is 10.4. The van der Waals surface area contributed by atoms with Crippen molar-refractivity contribution in [2.24, 2.45) is 5.16 Å². The van der Waals surface area contributed by atoms with E-state index in [0.29, 0.717) is 6.21 Å². The number of carbonyl (C=O) groups is 1. The fourth-order valence-electron chi connectivity index (χ4n) is 0.780. The second kappa shape index (κ2) is 6.09. The van der Waals surface area contributed by atoms with Crippen molar-refractivity contribution in [2.75, 3.05) is 0 Å². The summed E-state index contributed by atoms with van der Waals surface area (Å²) in [5.41, 5.74) is 0. The Morgan fingerprint density at radius 1 is 0.870 bits per heavy atom. The van der Waals surface area contributed by atoms with E-state index in [9.17, 15) is 53.1 Å². The van der Waals surface area contributed by atoms with Gasteiger partial charge in [0.25, 0.3) is 0 Å². The van der Waals surface area contributed by atoms with E-state index < -0.39 is 36.2 Å². The summed E-state index contributed by atoms with van der Waals surface area (Å²) in [6.07, 6.45) is -20.6. The smallest absolute Gasteiger partial charge is 0.312 e. The first kappa shape index (κ1) is 21.3. The van der Waals surface area contributed by atoms with Gasteiger partial charge in [-0.05, 0) is 6.92 Å². The van der Waals surface area contributed by atoms with Gasteiger partial charge >= 0.3 is 36.2 Å². The minimum Gasteiger partial charge on any atom is -0.312 e. The molecule has 0 aromatic carbocycles. The van der Waals surface area contributed by atoms with E-state index >= 15 is 0 Å². The van der Waals surface area contributed by atoms with Crippen LogP contribution < -0.4 is 0 Å². The number of nitrogens with zero attached hydrogens (tertiary/aromatic N) is 1. The predicted molar refractivity (Wildman–Crippen MR) is 47.2 cm³/mol. The van der Waals surface area contributed by atoms with Crippen LogP contribution in [0, 0.1) is 0 Å². The molecule has 0 aromatic rings. The van der Waals surface area contributed by atoms with Gasteiger partial charge in [0.15, 0.2) is 0 Å². The molecule has 0 heterocycles. The normalized spacial score (nSPS) is 17.2. The van der Waals surface area contributed by atoms with Crippen LogP contribution in [0.2, 0.25) is 0 Å². The van der Waals surface area contributed by atoms with Crippen LogP contribution in [0.3, 0.4) is 0 Å². The molecule has 0 radical (unpaired) electrons. The largest absolute Gasteiger partial charge is 0.462 e. The van der Waals surface area contributed by atoms with E-state index in [2.05, 4.69) is 9.99 Å². The molecule has 0 N–H and O–H groups in total. The first-order valence-corrected chi connectivity index (χ1v) is 4.91. The van der Waals surface area contributed by atoms with Crippen LogP contribution in [-0.4, -0.2) is 42.4 Å². The number of ether oxygens (including phenoxy) is 1. The van der Waals surface area contributed by atoms with Crippen molar-refractivity contribution in [3.8, 4) is 0 Å². The molecule has 0 amide bonds. The van der Waals surface area contributed by atoms with Crippen molar-refractivity contribution in [1.29, 1.82) is 0 Å². The summed E-state index contributed by atoms with van der Waals surface area (Å²) in [5, 5.41) is 2.24. The monoisotopic (exact) mass is 371 g/mol. The van der Waals surface area contributed by atoms with Crippen LogP contribution >= 0.6 is 0 Å². The van der Waals surface area contributed by atoms with Crippen molar-refractivity contribution >= 4 is 12.2 Å². The maximum Gasteiger partial charge on any atom is 0.462 e. The van der Waals surface area contributed by atoms with Gasteiger partial charge in [0.1, 0.15) is 0 Å². The number of hydrogen-bond donors (Lipinski definition) is 0. The van der Waals surface area contributed by atoms with Crippen molar-refractivity contribution in [3.05, 3.63) is 0 Å². The molecule has 0 aliphatic carbocycles. The summed E-state index contributed by atoms with van der Waals surface area (Å²) in [6, 6.07) is 0. The highest BCUT2D eigenvalue weighted by Crippen LogP contribution is 2.51. The Morgan fingerprint density at radius 2 is 1.30 bits per heavy atom. The van der Waals surface area contributed by atoms with Gasteiger partial charge in [0.2, 0.25) is 0 Å². The molecule has 0 aromatic heterocycles. The van der Waals surface area contributed by atoms with E-state index in [1.165, 1.54) is 0 Å². The molecule has 0 fully saturated rings. The Labute approximate surface area is 118 Å². The molecule has 0 spiro atoms. The van der Waals surface area contributed by atoms with Crippen LogP contribution in [0.15, 0.2) is 5.16 Å². The Kier molecular flexibility index (Phi) is 5.64. The zero-order valence-electron chi connectivity index (χ0n) is 10.4. The van der Waals surface area contributed by atoms with E-state index in [-0.39, 0.29) is 0 Å². The number of oxime groups is 1. The Bertz CT molecular complexity index is 469. The third kappa shape index (κ3) is 4.00. The molecule has 0 saturated carbocycles. The first-order valence-electron chi connectivity index (χ1n) is 4.91. The summed E-state index contributed by atoms with van der Waals surface area (Å²) in [7, 11) is 0. The number of halogens is 11. The molecule has 1 atom stereocenters. The van der Waals surface area contributed by atoms with Crippen LogP contribution in [0.5, 0.6) is 0 Å². The zero-order chi connectivity index (χ0) is 18.9. The maximum atomic E-state index is 13.4. The van der Waals surface area contributed by atoms with E-state index in [1.54, 1.807) is 0 Å². The van der Waals surface area contributed by atoms with Crippen LogP contribution in [0.1, 0.15) is 6.92 Å². The summed E-state index contributed by atoms with van der Waals surface area (Å²) >= 11 is 0. The number of rotatable bonds is 5. The molecular weight excluding hydrogens is 367 g/mol. The van der Waals surface area contributed by atoms with Gasteiger partial charge in [-0.3, -0.25) is 4.74 Å². The molecule has 4 nitrogen and oxygen atoms in total. The second-order valence-electron chi connectivity index (χ2n) is 3.53. The first-order chi connectivity index (χ1) is 9.94. The highest BCUT2D eigenvalue weighted by atomic mass is 19.4. The SMILES string of the molecule is C/C=N/OC(=O)[C@@](F)(OC(F)(F)C(F)(F)C(F)(F)F)C(F)(F)F. The molecular formula is C8H4F11NO3. The standard InChI is InChI=1S/C8H4F11NO3/c1-2-20-22-3(21)4(9,6(12,13)14)23-8(18,19)5(10,11)7(15,16)17/h2H,1H3/b20-2+/t4-/m1/s1. The topological polar surface area (TPSA) is 47.9 Å². The maximum absolute atomic E-state index is 13.4. The lowest BCUT2D eigenvalue weighted by atomic mass is 10.2. The van der Waals surface area contributed by atoms with Gasteiger partial charge in [-0.2, -0.15) is 48.3 Å². The average Bonchev–Trinajstić information content (AvgIpc) is 2.32. The highest BCUT2D eigenvalue weighted by molar-refractivity contribution is 5.79. The molecule has 0 aliphatic rings. The van der Waals surface area contributed by atoms with Crippen molar-refractivity contribution in [1.82, 2.24) is 0 Å². The van der Waals surface area contributed by atoms with Gasteiger partial charge < -0.3 is 4.84 Å². The lowest BCUT2D eigenvalue weighted by molar-refractivity contribution is -0.475. The second-order valence-corrected chi connectivity index (χ2v) is 3.53. The van der Waals surface area contributed by atoms with Gasteiger partial charge in [-0.15, -0.1) is 0 Å². The molecule has 23 heavy (non-hydrogen) atoms. The van der Waals surface area contributed by atoms with E-state index in [1.807, 2.05) is 4.74 Å². The van der Waals surface area contributed by atoms with Crippen molar-refractivity contribution in [2.45, 2.75) is 37.2 Å². The fourth-order valence-corrected chi connectivity index (χ4v) is 0.780. The minimum absolute atomic E-state index is 0.400. The number of alkyl halides is 11. The Morgan fingerprint density at radius 3 is 1.61 bits per heavy atom. The van der Waals surface area contributed by atoms with Crippen molar-refractivity contribution in [3.63, 3.8) is 0 Å². The quantitative estimate of drug-likeness (QED) is 0.321.